The summed E-state index contributed by atoms with van der Waals surface area (Å²) in [5.41, 5.74) is 6.15. The number of phosphoric acid groups is 1. The van der Waals surface area contributed by atoms with Crippen LogP contribution >= 0.6 is 7.82 Å². The van der Waals surface area contributed by atoms with Gasteiger partial charge in [-0.2, -0.15) is 0 Å². The lowest BCUT2D eigenvalue weighted by atomic mass is 9.96. The molecule has 2 saturated heterocycles. The molecule has 17 nitrogen and oxygen atoms in total. The van der Waals surface area contributed by atoms with Gasteiger partial charge in [0.05, 0.1) is 20.4 Å². The van der Waals surface area contributed by atoms with Crippen molar-refractivity contribution in [1.29, 1.82) is 0 Å². The lowest BCUT2D eigenvalue weighted by Crippen LogP contribution is -2.58. The average molecular weight is 497 g/mol. The van der Waals surface area contributed by atoms with Crippen molar-refractivity contribution in [2.45, 2.75) is 48.6 Å². The summed E-state index contributed by atoms with van der Waals surface area (Å²) < 4.78 is 32.6. The fourth-order valence-corrected chi connectivity index (χ4v) is 4.93. The van der Waals surface area contributed by atoms with E-state index in [2.05, 4.69) is 24.8 Å². The molecule has 1 aromatic heterocycles. The Balaban J connectivity index is 1.69. The van der Waals surface area contributed by atoms with Gasteiger partial charge < -0.3 is 55.9 Å². The van der Waals surface area contributed by atoms with Crippen LogP contribution in [0.1, 0.15) is 0 Å². The minimum Gasteiger partial charge on any atom is -0.394 e. The van der Waals surface area contributed by atoms with Crippen molar-refractivity contribution in [3.8, 4) is 0 Å². The maximum atomic E-state index is 12.3. The van der Waals surface area contributed by atoms with Gasteiger partial charge in [-0.25, -0.2) is 23.9 Å². The molecule has 0 saturated carbocycles. The maximum Gasteiger partial charge on any atom is 0.502 e. The summed E-state index contributed by atoms with van der Waals surface area (Å²) in [6.07, 6.45) is -11.1. The Morgan fingerprint density at radius 1 is 1.30 bits per heavy atom. The molecule has 0 aliphatic carbocycles. The molecule has 2 fully saturated rings. The molecule has 4 rings (SSSR count). The Bertz CT molecular complexity index is 929. The van der Waals surface area contributed by atoms with Crippen molar-refractivity contribution in [2.75, 3.05) is 36.3 Å². The monoisotopic (exact) mass is 497 g/mol. The Morgan fingerprint density at radius 2 is 2.03 bits per heavy atom. The van der Waals surface area contributed by atoms with E-state index in [-0.39, 0.29) is 18.3 Å². The van der Waals surface area contributed by atoms with Crippen molar-refractivity contribution in [3.63, 3.8) is 0 Å². The number of anilines is 3. The third-order valence-electron chi connectivity index (χ3n) is 5.56. The normalized spacial score (nSPS) is 40.0. The summed E-state index contributed by atoms with van der Waals surface area (Å²) in [6.45, 7) is -0.817. The topological polar surface area (TPSA) is 252 Å². The highest BCUT2D eigenvalue weighted by atomic mass is 31.2. The summed E-state index contributed by atoms with van der Waals surface area (Å²) in [5, 5.41) is 54.8. The molecule has 186 valence electrons. The number of hydrogen-bond donors (Lipinski definition) is 8. The standard InChI is InChI=1S/C15H24N5O12P/c1-28-32-33(26,27)31-15(10(25)7(22)5(2-21)30-15)11-8(23)9(24)14(29-11)20-4-19-6-12(16)17-3-18-13(6)20/h3,5,7-11,14,19,21-25H,2,4H2,1H3,(H,26,27)(H2,16,17,18)/t5-,7+,8+,9+,10-,11+,14+,15+/m0/s1. The second kappa shape index (κ2) is 8.81. The summed E-state index contributed by atoms with van der Waals surface area (Å²) >= 11 is 0. The lowest BCUT2D eigenvalue weighted by Gasteiger charge is -2.38. The predicted octanol–water partition coefficient (Wildman–Crippen LogP) is -3.80. The average Bonchev–Trinajstić information content (AvgIpc) is 3.39. The Kier molecular flexibility index (Phi) is 6.51. The first kappa shape index (κ1) is 24.4. The first-order valence-electron chi connectivity index (χ1n) is 9.59. The quantitative estimate of drug-likeness (QED) is 0.102. The largest absolute Gasteiger partial charge is 0.502 e. The number of nitrogens with zero attached hydrogens (tertiary/aromatic N) is 3. The van der Waals surface area contributed by atoms with E-state index in [1.54, 1.807) is 0 Å². The zero-order valence-electron chi connectivity index (χ0n) is 17.0. The number of phosphoric ester groups is 1. The number of nitrogens with two attached hydrogens (primary N) is 1. The molecule has 4 heterocycles. The van der Waals surface area contributed by atoms with Crippen molar-refractivity contribution in [2.24, 2.45) is 0 Å². The summed E-state index contributed by atoms with van der Waals surface area (Å²) in [5.74, 6) is -2.43. The van der Waals surface area contributed by atoms with Crippen molar-refractivity contribution in [1.82, 2.24) is 9.97 Å². The molecule has 18 heteroatoms. The Hall–Kier alpha value is -1.73. The molecular formula is C15H24N5O12P. The number of rotatable bonds is 7. The van der Waals surface area contributed by atoms with Crippen LogP contribution in [0.15, 0.2) is 6.33 Å². The fraction of sp³-hybridized carbons (Fsp3) is 0.733. The number of aliphatic hydroxyl groups excluding tert-OH is 5. The molecule has 3 aliphatic heterocycles. The first-order valence-corrected chi connectivity index (χ1v) is 11.1. The first-order chi connectivity index (χ1) is 15.6. The molecule has 1 aromatic rings. The second-order valence-electron chi connectivity index (χ2n) is 7.49. The van der Waals surface area contributed by atoms with Crippen LogP contribution in [0.5, 0.6) is 0 Å². The minimum atomic E-state index is -5.15. The van der Waals surface area contributed by atoms with Gasteiger partial charge in [0.2, 0.25) is 5.79 Å². The van der Waals surface area contributed by atoms with E-state index in [9.17, 15) is 35.0 Å². The molecule has 0 aromatic carbocycles. The maximum absolute atomic E-state index is 12.3. The van der Waals surface area contributed by atoms with Crippen molar-refractivity contribution in [3.05, 3.63) is 6.33 Å². The highest BCUT2D eigenvalue weighted by Crippen LogP contribution is 2.54. The molecule has 0 amide bonds. The fourth-order valence-electron chi connectivity index (χ4n) is 4.09. The second-order valence-corrected chi connectivity index (χ2v) is 8.76. The van der Waals surface area contributed by atoms with Gasteiger partial charge in [0.25, 0.3) is 0 Å². The summed E-state index contributed by atoms with van der Waals surface area (Å²) in [7, 11) is -4.24. The van der Waals surface area contributed by atoms with E-state index < -0.39 is 63.1 Å². The third kappa shape index (κ3) is 3.95. The van der Waals surface area contributed by atoms with Gasteiger partial charge in [-0.1, -0.05) is 0 Å². The number of nitrogen functional groups attached to an aromatic ring is 1. The lowest BCUT2D eigenvalue weighted by molar-refractivity contribution is -0.297. The minimum absolute atomic E-state index is 0.0177. The van der Waals surface area contributed by atoms with E-state index >= 15 is 0 Å². The van der Waals surface area contributed by atoms with Crippen LogP contribution in [0.4, 0.5) is 17.3 Å². The van der Waals surface area contributed by atoms with Gasteiger partial charge in [-0.05, 0) is 0 Å². The van der Waals surface area contributed by atoms with Gasteiger partial charge in [-0.3, -0.25) is 0 Å². The molecule has 9 N–H and O–H groups in total. The number of aliphatic hydroxyl groups is 5. The Morgan fingerprint density at radius 3 is 2.67 bits per heavy atom. The molecule has 0 bridgehead atoms. The van der Waals surface area contributed by atoms with Crippen LogP contribution in [0, 0.1) is 0 Å². The van der Waals surface area contributed by atoms with Crippen molar-refractivity contribution >= 4 is 25.1 Å². The predicted molar refractivity (Wildman–Crippen MR) is 104 cm³/mol. The van der Waals surface area contributed by atoms with Gasteiger partial charge >= 0.3 is 7.82 Å². The van der Waals surface area contributed by atoms with Crippen LogP contribution in [-0.4, -0.2) is 109 Å². The number of aromatic nitrogens is 2. The van der Waals surface area contributed by atoms with Crippen LogP contribution in [0.2, 0.25) is 0 Å². The van der Waals surface area contributed by atoms with E-state index in [1.165, 1.54) is 11.2 Å². The molecular weight excluding hydrogens is 473 g/mol. The number of fused-ring (bicyclic) bond motifs is 1. The van der Waals surface area contributed by atoms with Crippen LogP contribution in [0.3, 0.4) is 0 Å². The van der Waals surface area contributed by atoms with E-state index in [4.69, 9.17) is 19.7 Å². The SMILES string of the molecule is COOP(=O)(O)O[C@]1([C@@H]2O[C@@H](N3CNc4c(N)ncnc43)[C@H](O)[C@H]2O)O[C@@H](CO)[C@@H](O)[C@@H]1O. The van der Waals surface area contributed by atoms with Crippen molar-refractivity contribution < 1.29 is 58.6 Å². The van der Waals surface area contributed by atoms with Gasteiger partial charge in [-0.15, -0.1) is 4.67 Å². The van der Waals surface area contributed by atoms with Crippen LogP contribution in [-0.2, 0) is 28.1 Å². The van der Waals surface area contributed by atoms with E-state index in [1.807, 2.05) is 0 Å². The smallest absolute Gasteiger partial charge is 0.394 e. The van der Waals surface area contributed by atoms with Gasteiger partial charge in [0.15, 0.2) is 17.9 Å². The molecule has 1 unspecified atom stereocenters. The number of hydrogen-bond acceptors (Lipinski definition) is 16. The van der Waals surface area contributed by atoms with Gasteiger partial charge in [0, 0.05) is 0 Å². The number of ether oxygens (including phenoxy) is 2. The van der Waals surface area contributed by atoms with E-state index in [0.29, 0.717) is 5.69 Å². The molecule has 33 heavy (non-hydrogen) atoms. The zero-order valence-corrected chi connectivity index (χ0v) is 17.9. The van der Waals surface area contributed by atoms with Crippen LogP contribution in [0.25, 0.3) is 0 Å². The molecule has 0 spiro atoms. The number of nitrogens with one attached hydrogen (secondary N) is 1. The molecule has 3 aliphatic rings. The Labute approximate surface area is 185 Å². The molecule has 9 atom stereocenters. The highest BCUT2D eigenvalue weighted by molar-refractivity contribution is 7.47. The van der Waals surface area contributed by atoms with Crippen LogP contribution < -0.4 is 16.0 Å². The van der Waals surface area contributed by atoms with Gasteiger partial charge in [0.1, 0.15) is 48.6 Å². The summed E-state index contributed by atoms with van der Waals surface area (Å²) in [6, 6.07) is 0. The summed E-state index contributed by atoms with van der Waals surface area (Å²) in [4.78, 5) is 23.4. The highest BCUT2D eigenvalue weighted by Gasteiger charge is 2.68. The molecule has 0 radical (unpaired) electrons. The third-order valence-corrected chi connectivity index (χ3v) is 6.41. The van der Waals surface area contributed by atoms with E-state index in [0.717, 1.165) is 7.11 Å². The zero-order chi connectivity index (χ0) is 24.1.